The Hall–Kier alpha value is -1.30. The summed E-state index contributed by atoms with van der Waals surface area (Å²) in [4.78, 5) is 22.4. The van der Waals surface area contributed by atoms with Crippen molar-refractivity contribution in [2.75, 3.05) is 33.0 Å². The molecule has 0 aliphatic rings. The van der Waals surface area contributed by atoms with Crippen LogP contribution < -0.4 is 0 Å². The van der Waals surface area contributed by atoms with Gasteiger partial charge in [-0.1, -0.05) is 27.0 Å². The smallest absolute Gasteiger partial charge is 0.155 e. The van der Waals surface area contributed by atoms with Gasteiger partial charge in [0.05, 0.1) is 25.9 Å². The maximum atomic E-state index is 11.2. The van der Waals surface area contributed by atoms with E-state index in [1.807, 2.05) is 20.8 Å². The fourth-order valence-corrected chi connectivity index (χ4v) is 2.05. The van der Waals surface area contributed by atoms with Crippen LogP contribution in [0.4, 0.5) is 0 Å². The molecule has 0 rings (SSSR count). The molecule has 0 N–H and O–H groups in total. The Bertz CT molecular complexity index is 391. The predicted octanol–water partition coefficient (Wildman–Crippen LogP) is 2.99. The van der Waals surface area contributed by atoms with E-state index in [1.54, 1.807) is 0 Å². The fraction of sp³-hybridized carbons (Fsp3) is 0.684. The first-order valence-electron chi connectivity index (χ1n) is 8.46. The summed E-state index contributed by atoms with van der Waals surface area (Å²) in [5.74, 6) is 0.426. The molecule has 0 amide bonds. The number of ketones is 2. The van der Waals surface area contributed by atoms with Crippen LogP contribution in [0.3, 0.4) is 0 Å². The first-order chi connectivity index (χ1) is 11.4. The van der Waals surface area contributed by atoms with E-state index in [-0.39, 0.29) is 29.5 Å². The summed E-state index contributed by atoms with van der Waals surface area (Å²) in [5.41, 5.74) is 0. The Kier molecular flexibility index (Phi) is 13.3. The molecule has 0 heterocycles. The zero-order valence-electron chi connectivity index (χ0n) is 15.3. The first kappa shape index (κ1) is 22.7. The van der Waals surface area contributed by atoms with Crippen LogP contribution in [0.1, 0.15) is 33.6 Å². The molecule has 138 valence electrons. The van der Waals surface area contributed by atoms with E-state index < -0.39 is 0 Å². The molecule has 0 aromatic heterocycles. The van der Waals surface area contributed by atoms with Gasteiger partial charge in [0.25, 0.3) is 0 Å². The molecule has 5 heteroatoms. The maximum absolute atomic E-state index is 11.2. The molecule has 0 radical (unpaired) electrons. The highest BCUT2D eigenvalue weighted by molar-refractivity contribution is 5.89. The van der Waals surface area contributed by atoms with Gasteiger partial charge < -0.3 is 14.2 Å². The lowest BCUT2D eigenvalue weighted by molar-refractivity contribution is -0.116. The molecule has 5 nitrogen and oxygen atoms in total. The molecular weight excluding hydrogens is 308 g/mol. The van der Waals surface area contributed by atoms with E-state index in [0.717, 1.165) is 0 Å². The lowest BCUT2D eigenvalue weighted by Crippen LogP contribution is -2.21. The maximum Gasteiger partial charge on any atom is 0.155 e. The molecular formula is C19H32O5. The standard InChI is InChI=1S/C19H32O5/c1-6-18(20)10-15(3)12-22-8-9-24-17(5)14-23-13-16(4)11-19(21)7-2/h6-7,15-17H,1-2,8-14H2,3-5H3. The van der Waals surface area contributed by atoms with Crippen molar-refractivity contribution in [3.63, 3.8) is 0 Å². The van der Waals surface area contributed by atoms with Crippen LogP contribution in [-0.2, 0) is 23.8 Å². The Morgan fingerprint density at radius 2 is 1.33 bits per heavy atom. The molecule has 0 aliphatic heterocycles. The number of hydrogen-bond donors (Lipinski definition) is 0. The van der Waals surface area contributed by atoms with Crippen molar-refractivity contribution in [3.8, 4) is 0 Å². The lowest BCUT2D eigenvalue weighted by Gasteiger charge is -2.16. The fourth-order valence-electron chi connectivity index (χ4n) is 2.05. The summed E-state index contributed by atoms with van der Waals surface area (Å²) in [6.07, 6.45) is 3.57. The highest BCUT2D eigenvalue weighted by Crippen LogP contribution is 2.05. The zero-order valence-corrected chi connectivity index (χ0v) is 15.3. The van der Waals surface area contributed by atoms with Gasteiger partial charge in [0.1, 0.15) is 0 Å². The van der Waals surface area contributed by atoms with Crippen LogP contribution in [-0.4, -0.2) is 50.7 Å². The minimum atomic E-state index is -0.0318. The monoisotopic (exact) mass is 340 g/mol. The van der Waals surface area contributed by atoms with Crippen molar-refractivity contribution in [1.82, 2.24) is 0 Å². The molecule has 0 spiro atoms. The zero-order chi connectivity index (χ0) is 18.4. The second-order valence-electron chi connectivity index (χ2n) is 6.25. The van der Waals surface area contributed by atoms with Gasteiger partial charge in [0.15, 0.2) is 11.6 Å². The van der Waals surface area contributed by atoms with Gasteiger partial charge in [-0.2, -0.15) is 0 Å². The summed E-state index contributed by atoms with van der Waals surface area (Å²) in [6, 6.07) is 0. The molecule has 0 aromatic carbocycles. The van der Waals surface area contributed by atoms with Crippen molar-refractivity contribution in [3.05, 3.63) is 25.3 Å². The van der Waals surface area contributed by atoms with Gasteiger partial charge >= 0.3 is 0 Å². The van der Waals surface area contributed by atoms with Crippen molar-refractivity contribution >= 4 is 11.6 Å². The van der Waals surface area contributed by atoms with Crippen LogP contribution in [0, 0.1) is 11.8 Å². The number of carbonyl (C=O) groups is 2. The average molecular weight is 340 g/mol. The molecule has 0 aliphatic carbocycles. The van der Waals surface area contributed by atoms with Crippen molar-refractivity contribution in [1.29, 1.82) is 0 Å². The number of rotatable bonds is 16. The van der Waals surface area contributed by atoms with Crippen molar-refractivity contribution < 1.29 is 23.8 Å². The minimum Gasteiger partial charge on any atom is -0.379 e. The van der Waals surface area contributed by atoms with Crippen LogP contribution in [0.5, 0.6) is 0 Å². The molecule has 3 unspecified atom stereocenters. The molecule has 0 saturated carbocycles. The predicted molar refractivity (Wildman–Crippen MR) is 95.0 cm³/mol. The van der Waals surface area contributed by atoms with E-state index in [2.05, 4.69) is 13.2 Å². The first-order valence-corrected chi connectivity index (χ1v) is 8.46. The third-order valence-corrected chi connectivity index (χ3v) is 3.34. The van der Waals surface area contributed by atoms with Gasteiger partial charge in [-0.25, -0.2) is 0 Å². The molecule has 0 aromatic rings. The number of hydrogen-bond acceptors (Lipinski definition) is 5. The number of ether oxygens (including phenoxy) is 3. The van der Waals surface area contributed by atoms with E-state index in [0.29, 0.717) is 45.9 Å². The Morgan fingerprint density at radius 3 is 1.83 bits per heavy atom. The SMILES string of the molecule is C=CC(=O)CC(C)COCCOC(C)COCC(C)CC(=O)C=C. The lowest BCUT2D eigenvalue weighted by atomic mass is 10.1. The van der Waals surface area contributed by atoms with Gasteiger partial charge in [0, 0.05) is 26.1 Å². The Balaban J connectivity index is 3.57. The second kappa shape index (κ2) is 14.1. The van der Waals surface area contributed by atoms with Gasteiger partial charge in [-0.3, -0.25) is 9.59 Å². The van der Waals surface area contributed by atoms with Crippen LogP contribution in [0.2, 0.25) is 0 Å². The highest BCUT2D eigenvalue weighted by atomic mass is 16.5. The van der Waals surface area contributed by atoms with Gasteiger partial charge in [-0.15, -0.1) is 0 Å². The molecule has 0 saturated heterocycles. The Labute approximate surface area is 146 Å². The summed E-state index contributed by atoms with van der Waals surface area (Å²) in [5, 5.41) is 0. The van der Waals surface area contributed by atoms with Crippen LogP contribution in [0.25, 0.3) is 0 Å². The molecule has 0 fully saturated rings. The normalized spacial score (nSPS) is 14.6. The van der Waals surface area contributed by atoms with Crippen LogP contribution >= 0.6 is 0 Å². The topological polar surface area (TPSA) is 61.8 Å². The van der Waals surface area contributed by atoms with E-state index in [1.165, 1.54) is 12.2 Å². The van der Waals surface area contributed by atoms with Gasteiger partial charge in [0.2, 0.25) is 0 Å². The largest absolute Gasteiger partial charge is 0.379 e. The number of allylic oxidation sites excluding steroid dienone is 2. The summed E-state index contributed by atoms with van der Waals surface area (Å²) >= 11 is 0. The van der Waals surface area contributed by atoms with E-state index in [4.69, 9.17) is 14.2 Å². The quantitative estimate of drug-likeness (QED) is 0.319. The van der Waals surface area contributed by atoms with Crippen molar-refractivity contribution in [2.24, 2.45) is 11.8 Å². The summed E-state index contributed by atoms with van der Waals surface area (Å²) < 4.78 is 16.6. The summed E-state index contributed by atoms with van der Waals surface area (Å²) in [7, 11) is 0. The molecule has 3 atom stereocenters. The molecule has 24 heavy (non-hydrogen) atoms. The van der Waals surface area contributed by atoms with Gasteiger partial charge in [-0.05, 0) is 30.9 Å². The number of carbonyl (C=O) groups excluding carboxylic acids is 2. The van der Waals surface area contributed by atoms with E-state index in [9.17, 15) is 9.59 Å². The second-order valence-corrected chi connectivity index (χ2v) is 6.25. The summed E-state index contributed by atoms with van der Waals surface area (Å²) in [6.45, 7) is 15.3. The van der Waals surface area contributed by atoms with Crippen molar-refractivity contribution in [2.45, 2.75) is 39.7 Å². The Morgan fingerprint density at radius 1 is 0.833 bits per heavy atom. The van der Waals surface area contributed by atoms with E-state index >= 15 is 0 Å². The average Bonchev–Trinajstić information content (AvgIpc) is 2.54. The van der Waals surface area contributed by atoms with Crippen LogP contribution in [0.15, 0.2) is 25.3 Å². The third-order valence-electron chi connectivity index (χ3n) is 3.34. The minimum absolute atomic E-state index is 0.0318. The highest BCUT2D eigenvalue weighted by Gasteiger charge is 2.09. The third kappa shape index (κ3) is 13.2. The molecule has 0 bridgehead atoms.